The highest BCUT2D eigenvalue weighted by Crippen LogP contribution is 2.39. The van der Waals surface area contributed by atoms with Crippen LogP contribution < -0.4 is 10.1 Å². The van der Waals surface area contributed by atoms with Gasteiger partial charge in [-0.1, -0.05) is 12.1 Å². The molecule has 1 saturated heterocycles. The number of fused-ring (bicyclic) bond motifs is 2. The molecule has 186 valence electrons. The molecule has 0 aliphatic carbocycles. The first-order valence-corrected chi connectivity index (χ1v) is 15.4. The normalized spacial score (nSPS) is 21.9. The molecule has 35 heavy (non-hydrogen) atoms. The van der Waals surface area contributed by atoms with Crippen molar-refractivity contribution in [3.63, 3.8) is 0 Å². The third-order valence-corrected chi connectivity index (χ3v) is 10.5. The van der Waals surface area contributed by atoms with E-state index in [0.717, 1.165) is 22.3 Å². The number of sulfonamides is 1. The summed E-state index contributed by atoms with van der Waals surface area (Å²) in [6, 6.07) is 11.7. The lowest BCUT2D eigenvalue weighted by Gasteiger charge is -2.30. The lowest BCUT2D eigenvalue weighted by atomic mass is 9.94. The Kier molecular flexibility index (Phi) is 6.38. The average molecular weight is 516 g/mol. The quantitative estimate of drug-likeness (QED) is 0.628. The fourth-order valence-electron chi connectivity index (χ4n) is 5.43. The van der Waals surface area contributed by atoms with E-state index in [-0.39, 0.29) is 17.7 Å². The minimum atomic E-state index is -3.41. The summed E-state index contributed by atoms with van der Waals surface area (Å²) in [6.07, 6.45) is 3.76. The second-order valence-electron chi connectivity index (χ2n) is 9.68. The van der Waals surface area contributed by atoms with Gasteiger partial charge < -0.3 is 10.1 Å². The highest BCUT2D eigenvalue weighted by atomic mass is 32.2. The Morgan fingerprint density at radius 2 is 1.97 bits per heavy atom. The van der Waals surface area contributed by atoms with Crippen LogP contribution in [0.2, 0.25) is 0 Å². The average Bonchev–Trinajstić information content (AvgIpc) is 3.38. The summed E-state index contributed by atoms with van der Waals surface area (Å²) in [6.45, 7) is 1.99. The monoisotopic (exact) mass is 515 g/mol. The van der Waals surface area contributed by atoms with Gasteiger partial charge in [0.05, 0.1) is 30.2 Å². The molecule has 2 aromatic carbocycles. The molecule has 0 aromatic heterocycles. The molecule has 3 heterocycles. The number of hydrogen-bond donors (Lipinski definition) is 1. The van der Waals surface area contributed by atoms with Gasteiger partial charge >= 0.3 is 0 Å². The Hall–Kier alpha value is -2.45. The zero-order valence-electron chi connectivity index (χ0n) is 19.7. The first-order chi connectivity index (χ1) is 16.7. The zero-order chi connectivity index (χ0) is 24.8. The van der Waals surface area contributed by atoms with E-state index in [1.54, 1.807) is 6.07 Å². The minimum absolute atomic E-state index is 0.0666. The molecular weight excluding hydrogens is 486 g/mol. The summed E-state index contributed by atoms with van der Waals surface area (Å²) in [5.41, 5.74) is 4.75. The largest absolute Gasteiger partial charge is 0.492 e. The number of nitrogens with one attached hydrogen (secondary N) is 1. The summed E-state index contributed by atoms with van der Waals surface area (Å²) in [7, 11) is -6.60. The van der Waals surface area contributed by atoms with Crippen molar-refractivity contribution < 1.29 is 21.6 Å². The van der Waals surface area contributed by atoms with Crippen LogP contribution in [0, 0.1) is 17.2 Å². The van der Waals surface area contributed by atoms with E-state index in [4.69, 9.17) is 10.00 Å². The highest BCUT2D eigenvalue weighted by Gasteiger charge is 2.34. The Morgan fingerprint density at radius 3 is 2.69 bits per heavy atom. The van der Waals surface area contributed by atoms with E-state index >= 15 is 0 Å². The van der Waals surface area contributed by atoms with Crippen molar-refractivity contribution in [2.75, 3.05) is 31.7 Å². The fourth-order valence-corrected chi connectivity index (χ4v) is 8.03. The molecule has 0 amide bonds. The summed E-state index contributed by atoms with van der Waals surface area (Å²) in [5, 5.41) is 12.6. The molecule has 8 nitrogen and oxygen atoms in total. The van der Waals surface area contributed by atoms with E-state index in [1.807, 2.05) is 24.3 Å². The summed E-state index contributed by atoms with van der Waals surface area (Å²) < 4.78 is 56.9. The third kappa shape index (κ3) is 4.83. The molecule has 1 N–H and O–H groups in total. The van der Waals surface area contributed by atoms with Gasteiger partial charge in [0.1, 0.15) is 10.6 Å². The second kappa shape index (κ2) is 9.21. The van der Waals surface area contributed by atoms with Gasteiger partial charge in [0.15, 0.2) is 9.84 Å². The number of benzene rings is 2. The molecule has 1 unspecified atom stereocenters. The molecule has 3 aliphatic rings. The lowest BCUT2D eigenvalue weighted by Crippen LogP contribution is -2.39. The first kappa shape index (κ1) is 24.3. The van der Waals surface area contributed by atoms with Gasteiger partial charge in [0, 0.05) is 25.7 Å². The maximum absolute atomic E-state index is 12.9. The van der Waals surface area contributed by atoms with Gasteiger partial charge in [-0.25, -0.2) is 21.1 Å². The van der Waals surface area contributed by atoms with Gasteiger partial charge in [0.2, 0.25) is 10.0 Å². The van der Waals surface area contributed by atoms with E-state index < -0.39 is 19.9 Å². The van der Waals surface area contributed by atoms with E-state index in [9.17, 15) is 16.8 Å². The topological polar surface area (TPSA) is 117 Å². The van der Waals surface area contributed by atoms with Crippen LogP contribution in [0.1, 0.15) is 46.7 Å². The van der Waals surface area contributed by atoms with Gasteiger partial charge in [-0.05, 0) is 72.1 Å². The molecule has 10 heteroatoms. The molecule has 1 atom stereocenters. The zero-order valence-corrected chi connectivity index (χ0v) is 21.3. The number of nitrogens with zero attached hydrogens (tertiary/aromatic N) is 2. The van der Waals surface area contributed by atoms with Crippen molar-refractivity contribution in [1.82, 2.24) is 9.62 Å². The Balaban J connectivity index is 1.33. The molecule has 1 fully saturated rings. The van der Waals surface area contributed by atoms with Crippen LogP contribution >= 0.6 is 0 Å². The fraction of sp³-hybridized carbons (Fsp3) is 0.480. The van der Waals surface area contributed by atoms with Gasteiger partial charge in [-0.3, -0.25) is 0 Å². The molecule has 2 aromatic rings. The number of ether oxygens (including phenoxy) is 1. The molecule has 0 radical (unpaired) electrons. The van der Waals surface area contributed by atoms with Crippen LogP contribution in [0.25, 0.3) is 0 Å². The number of piperidine rings is 1. The van der Waals surface area contributed by atoms with Crippen LogP contribution in [-0.2, 0) is 39.2 Å². The summed E-state index contributed by atoms with van der Waals surface area (Å²) in [5.74, 6) is 0.679. The van der Waals surface area contributed by atoms with Crippen molar-refractivity contribution in [3.05, 3.63) is 58.1 Å². The molecule has 0 saturated carbocycles. The van der Waals surface area contributed by atoms with Crippen LogP contribution in [0.4, 0.5) is 0 Å². The van der Waals surface area contributed by atoms with Crippen LogP contribution in [0.5, 0.6) is 5.75 Å². The van der Waals surface area contributed by atoms with Crippen molar-refractivity contribution in [3.8, 4) is 11.8 Å². The van der Waals surface area contributed by atoms with Gasteiger partial charge in [0.25, 0.3) is 0 Å². The Morgan fingerprint density at radius 1 is 1.20 bits per heavy atom. The standard InChI is InChI=1S/C25H29N3O5S2/c1-34(29,30)28-9-6-17(7-10-28)16-33-24-5-3-19(22-8-11-35(31,32)25(22)24)13-23-21-4-2-18(14-26)12-20(21)15-27-23/h2-5,12,17,23,27H,6-11,13,15-16H2,1H3. The molecule has 5 rings (SSSR count). The number of hydrogen-bond acceptors (Lipinski definition) is 7. The summed E-state index contributed by atoms with van der Waals surface area (Å²) >= 11 is 0. The van der Waals surface area contributed by atoms with Crippen molar-refractivity contribution >= 4 is 19.9 Å². The van der Waals surface area contributed by atoms with E-state index in [0.29, 0.717) is 68.1 Å². The maximum atomic E-state index is 12.9. The number of sulfone groups is 1. The maximum Gasteiger partial charge on any atom is 0.211 e. The minimum Gasteiger partial charge on any atom is -0.492 e. The predicted octanol–water partition coefficient (Wildman–Crippen LogP) is 2.33. The van der Waals surface area contributed by atoms with Crippen LogP contribution in [-0.4, -0.2) is 52.8 Å². The van der Waals surface area contributed by atoms with Crippen molar-refractivity contribution in [1.29, 1.82) is 5.26 Å². The number of rotatable bonds is 6. The summed E-state index contributed by atoms with van der Waals surface area (Å²) in [4.78, 5) is 0.321. The smallest absolute Gasteiger partial charge is 0.211 e. The predicted molar refractivity (Wildman–Crippen MR) is 131 cm³/mol. The molecule has 0 bridgehead atoms. The SMILES string of the molecule is CS(=O)(=O)N1CCC(COc2ccc(CC3NCc4cc(C#N)ccc43)c3c2S(=O)(=O)CC3)CC1. The van der Waals surface area contributed by atoms with Gasteiger partial charge in [-0.2, -0.15) is 5.26 Å². The lowest BCUT2D eigenvalue weighted by molar-refractivity contribution is 0.183. The second-order valence-corrected chi connectivity index (χ2v) is 13.7. The Bertz CT molecular complexity index is 1410. The molecular formula is C25H29N3O5S2. The van der Waals surface area contributed by atoms with E-state index in [1.165, 1.54) is 10.6 Å². The van der Waals surface area contributed by atoms with E-state index in [2.05, 4.69) is 11.4 Å². The van der Waals surface area contributed by atoms with Crippen LogP contribution in [0.3, 0.4) is 0 Å². The van der Waals surface area contributed by atoms with Crippen molar-refractivity contribution in [2.45, 2.75) is 43.2 Å². The highest BCUT2D eigenvalue weighted by molar-refractivity contribution is 7.91. The number of nitriles is 1. The molecule has 0 spiro atoms. The molecule has 3 aliphatic heterocycles. The van der Waals surface area contributed by atoms with Gasteiger partial charge in [-0.15, -0.1) is 0 Å². The third-order valence-electron chi connectivity index (χ3n) is 7.38. The van der Waals surface area contributed by atoms with Crippen LogP contribution in [0.15, 0.2) is 35.2 Å². The first-order valence-electron chi connectivity index (χ1n) is 11.9. The van der Waals surface area contributed by atoms with Crippen molar-refractivity contribution in [2.24, 2.45) is 5.92 Å². The Labute approximate surface area is 206 Å².